The molecule has 1 fully saturated rings. The number of carboxylic acid groups (broad SMARTS) is 1. The van der Waals surface area contributed by atoms with Crippen molar-refractivity contribution >= 4 is 27.7 Å². The zero-order chi connectivity index (χ0) is 17.1. The number of nitrogens with zero attached hydrogens (tertiary/aromatic N) is 3. The summed E-state index contributed by atoms with van der Waals surface area (Å²) in [5, 5.41) is 16.6. The van der Waals surface area contributed by atoms with E-state index in [0.29, 0.717) is 18.3 Å². The second-order valence-electron chi connectivity index (χ2n) is 5.94. The van der Waals surface area contributed by atoms with Crippen LogP contribution in [0.15, 0.2) is 34.8 Å². The molecule has 126 valence electrons. The molecule has 3 rings (SSSR count). The van der Waals surface area contributed by atoms with E-state index in [9.17, 15) is 4.79 Å². The Bertz CT molecular complexity index is 732. The zero-order valence-electron chi connectivity index (χ0n) is 13.3. The molecule has 1 aliphatic rings. The Hall–Kier alpha value is -2.15. The summed E-state index contributed by atoms with van der Waals surface area (Å²) < 4.78 is 6.93. The summed E-state index contributed by atoms with van der Waals surface area (Å²) in [4.78, 5) is 12.8. The van der Waals surface area contributed by atoms with Crippen molar-refractivity contribution in [3.05, 3.63) is 46.1 Å². The Morgan fingerprint density at radius 3 is 2.75 bits per heavy atom. The van der Waals surface area contributed by atoms with E-state index < -0.39 is 5.97 Å². The van der Waals surface area contributed by atoms with Crippen LogP contribution >= 0.6 is 15.9 Å². The molecule has 6 nitrogen and oxygen atoms in total. The van der Waals surface area contributed by atoms with E-state index in [1.54, 1.807) is 6.07 Å². The molecule has 2 aromatic rings. The van der Waals surface area contributed by atoms with E-state index in [1.807, 2.05) is 30.1 Å². The molecule has 0 aliphatic heterocycles. The highest BCUT2D eigenvalue weighted by Crippen LogP contribution is 2.31. The fraction of sp³-hybridized carbons (Fsp3) is 0.353. The van der Waals surface area contributed by atoms with E-state index >= 15 is 0 Å². The molecule has 0 atom stereocenters. The summed E-state index contributed by atoms with van der Waals surface area (Å²) in [6, 6.07) is 9.06. The normalized spacial score (nSPS) is 13.6. The molecule has 1 aromatic carbocycles. The lowest BCUT2D eigenvalue weighted by Crippen LogP contribution is -2.19. The van der Waals surface area contributed by atoms with Gasteiger partial charge >= 0.3 is 5.97 Å². The van der Waals surface area contributed by atoms with Crippen LogP contribution in [0.4, 0.5) is 5.82 Å². The van der Waals surface area contributed by atoms with Crippen LogP contribution in [0, 0.1) is 5.92 Å². The lowest BCUT2D eigenvalue weighted by Gasteiger charge is -2.20. The van der Waals surface area contributed by atoms with Gasteiger partial charge in [-0.05, 0) is 49.1 Å². The Labute approximate surface area is 148 Å². The second kappa shape index (κ2) is 7.17. The van der Waals surface area contributed by atoms with Gasteiger partial charge in [-0.15, -0.1) is 10.2 Å². The number of benzene rings is 1. The van der Waals surface area contributed by atoms with Crippen molar-refractivity contribution in [2.75, 3.05) is 18.6 Å². The highest BCUT2D eigenvalue weighted by Gasteiger charge is 2.22. The summed E-state index contributed by atoms with van der Waals surface area (Å²) >= 11 is 3.49. The monoisotopic (exact) mass is 391 g/mol. The Morgan fingerprint density at radius 2 is 2.12 bits per heavy atom. The van der Waals surface area contributed by atoms with E-state index in [0.717, 1.165) is 22.4 Å². The van der Waals surface area contributed by atoms with Crippen molar-refractivity contribution in [3.63, 3.8) is 0 Å². The first-order valence-electron chi connectivity index (χ1n) is 7.72. The van der Waals surface area contributed by atoms with Crippen LogP contribution in [0.25, 0.3) is 0 Å². The fourth-order valence-electron chi connectivity index (χ4n) is 2.28. The number of aromatic carboxylic acids is 1. The van der Waals surface area contributed by atoms with Gasteiger partial charge in [0.05, 0.1) is 6.61 Å². The topological polar surface area (TPSA) is 75.5 Å². The van der Waals surface area contributed by atoms with Crippen molar-refractivity contribution in [3.8, 4) is 5.75 Å². The molecule has 1 saturated carbocycles. The predicted octanol–water partition coefficient (Wildman–Crippen LogP) is 3.36. The van der Waals surface area contributed by atoms with Crippen LogP contribution in [0.2, 0.25) is 0 Å². The summed E-state index contributed by atoms with van der Waals surface area (Å²) in [5.74, 6) is 1.08. The highest BCUT2D eigenvalue weighted by atomic mass is 79.9. The van der Waals surface area contributed by atoms with Crippen LogP contribution in [-0.2, 0) is 6.54 Å². The lowest BCUT2D eigenvalue weighted by atomic mass is 10.2. The van der Waals surface area contributed by atoms with Gasteiger partial charge in [-0.2, -0.15) is 0 Å². The van der Waals surface area contributed by atoms with Gasteiger partial charge in [0.1, 0.15) is 5.75 Å². The molecule has 7 heteroatoms. The van der Waals surface area contributed by atoms with Crippen LogP contribution in [0.3, 0.4) is 0 Å². The van der Waals surface area contributed by atoms with Gasteiger partial charge in [0.15, 0.2) is 11.5 Å². The minimum absolute atomic E-state index is 0.0666. The van der Waals surface area contributed by atoms with Crippen LogP contribution in [-0.4, -0.2) is 34.9 Å². The molecule has 1 aromatic heterocycles. The minimum Gasteiger partial charge on any atom is -0.493 e. The third kappa shape index (κ3) is 4.23. The maximum atomic E-state index is 10.8. The molecule has 1 aliphatic carbocycles. The summed E-state index contributed by atoms with van der Waals surface area (Å²) in [5.41, 5.74) is 0.972. The molecule has 0 amide bonds. The first-order chi connectivity index (χ1) is 11.5. The van der Waals surface area contributed by atoms with E-state index in [-0.39, 0.29) is 5.69 Å². The SMILES string of the molecule is CN(Cc1cc(Br)ccc1OCC1CC1)c1ccc(C(=O)O)nn1. The standard InChI is InChI=1S/C17H18BrN3O3/c1-21(16-7-5-14(17(22)23)19-20-16)9-12-8-13(18)4-6-15(12)24-10-11-2-3-11/h4-8,11H,2-3,9-10H2,1H3,(H,22,23). The molecule has 0 unspecified atom stereocenters. The fourth-order valence-corrected chi connectivity index (χ4v) is 2.69. The number of hydrogen-bond donors (Lipinski definition) is 1. The quantitative estimate of drug-likeness (QED) is 0.779. The minimum atomic E-state index is -1.08. The Morgan fingerprint density at radius 1 is 1.33 bits per heavy atom. The van der Waals surface area contributed by atoms with E-state index in [1.165, 1.54) is 18.9 Å². The van der Waals surface area contributed by atoms with Gasteiger partial charge in [0.2, 0.25) is 0 Å². The molecular formula is C17H18BrN3O3. The number of ether oxygens (including phenoxy) is 1. The molecule has 1 N–H and O–H groups in total. The summed E-state index contributed by atoms with van der Waals surface area (Å²) in [6.07, 6.45) is 2.49. The molecule has 24 heavy (non-hydrogen) atoms. The van der Waals surface area contributed by atoms with Gasteiger partial charge in [0.25, 0.3) is 0 Å². The smallest absolute Gasteiger partial charge is 0.356 e. The van der Waals surface area contributed by atoms with Crippen LogP contribution < -0.4 is 9.64 Å². The first-order valence-corrected chi connectivity index (χ1v) is 8.51. The van der Waals surface area contributed by atoms with E-state index in [2.05, 4.69) is 26.1 Å². The molecule has 1 heterocycles. The highest BCUT2D eigenvalue weighted by molar-refractivity contribution is 9.10. The molecule has 0 saturated heterocycles. The van der Waals surface area contributed by atoms with Crippen molar-refractivity contribution in [2.24, 2.45) is 5.92 Å². The van der Waals surface area contributed by atoms with Crippen molar-refractivity contribution in [1.82, 2.24) is 10.2 Å². The number of carbonyl (C=O) groups is 1. The molecule has 0 spiro atoms. The van der Waals surface area contributed by atoms with Crippen LogP contribution in [0.5, 0.6) is 5.75 Å². The number of anilines is 1. The second-order valence-corrected chi connectivity index (χ2v) is 6.86. The van der Waals surface area contributed by atoms with Gasteiger partial charge in [-0.3, -0.25) is 0 Å². The number of halogens is 1. The van der Waals surface area contributed by atoms with E-state index in [4.69, 9.17) is 9.84 Å². The van der Waals surface area contributed by atoms with Crippen molar-refractivity contribution < 1.29 is 14.6 Å². The van der Waals surface area contributed by atoms with Gasteiger partial charge in [0, 0.05) is 23.6 Å². The van der Waals surface area contributed by atoms with Crippen LogP contribution in [0.1, 0.15) is 28.9 Å². The maximum absolute atomic E-state index is 10.8. The Balaban J connectivity index is 1.73. The lowest BCUT2D eigenvalue weighted by molar-refractivity contribution is 0.0689. The first kappa shape index (κ1) is 16.7. The largest absolute Gasteiger partial charge is 0.493 e. The van der Waals surface area contributed by atoms with Crippen molar-refractivity contribution in [1.29, 1.82) is 0 Å². The molecule has 0 bridgehead atoms. The van der Waals surface area contributed by atoms with Gasteiger partial charge in [-0.25, -0.2) is 4.79 Å². The van der Waals surface area contributed by atoms with Gasteiger partial charge < -0.3 is 14.7 Å². The van der Waals surface area contributed by atoms with Crippen molar-refractivity contribution in [2.45, 2.75) is 19.4 Å². The number of rotatable bonds is 7. The molecular weight excluding hydrogens is 374 g/mol. The maximum Gasteiger partial charge on any atom is 0.356 e. The average Bonchev–Trinajstić information content (AvgIpc) is 3.38. The van der Waals surface area contributed by atoms with Gasteiger partial charge in [-0.1, -0.05) is 15.9 Å². The number of hydrogen-bond acceptors (Lipinski definition) is 5. The molecule has 0 radical (unpaired) electrons. The predicted molar refractivity (Wildman–Crippen MR) is 93.5 cm³/mol. The third-order valence-corrected chi connectivity index (χ3v) is 4.36. The Kier molecular flexibility index (Phi) is 4.99. The number of aromatic nitrogens is 2. The zero-order valence-corrected chi connectivity index (χ0v) is 14.9. The third-order valence-electron chi connectivity index (χ3n) is 3.86. The summed E-state index contributed by atoms with van der Waals surface area (Å²) in [7, 11) is 1.88. The summed E-state index contributed by atoms with van der Waals surface area (Å²) in [6.45, 7) is 1.34. The number of carboxylic acids is 1. The average molecular weight is 392 g/mol.